The van der Waals surface area contributed by atoms with E-state index in [1.165, 1.54) is 48.1 Å². The molecular formula is C45H68N10O3S. The van der Waals surface area contributed by atoms with Gasteiger partial charge in [0, 0.05) is 60.6 Å². The largest absolute Gasteiger partial charge is 0.388 e. The van der Waals surface area contributed by atoms with Crippen molar-refractivity contribution in [2.24, 2.45) is 10.7 Å². The van der Waals surface area contributed by atoms with E-state index < -0.39 is 0 Å². The second-order valence-corrected chi connectivity index (χ2v) is 16.8. The van der Waals surface area contributed by atoms with Crippen molar-refractivity contribution < 1.29 is 14.4 Å². The zero-order valence-electron chi connectivity index (χ0n) is 36.0. The molecule has 13 nitrogen and oxygen atoms in total. The van der Waals surface area contributed by atoms with Crippen LogP contribution in [0.15, 0.2) is 58.5 Å². The van der Waals surface area contributed by atoms with Crippen LogP contribution in [0.25, 0.3) is 0 Å². The van der Waals surface area contributed by atoms with Gasteiger partial charge in [-0.15, -0.1) is 0 Å². The molecule has 1 spiro atoms. The summed E-state index contributed by atoms with van der Waals surface area (Å²) >= 11 is 1.85. The number of carbonyl (C=O) groups excluding carboxylic acids is 3. The Morgan fingerprint density at radius 3 is 2.31 bits per heavy atom. The molecule has 0 radical (unpaired) electrons. The van der Waals surface area contributed by atoms with Crippen LogP contribution in [0.5, 0.6) is 0 Å². The lowest BCUT2D eigenvalue weighted by Gasteiger charge is -2.33. The number of nitrogens with zero attached hydrogens (tertiary/aromatic N) is 5. The molecule has 1 aromatic heterocycles. The summed E-state index contributed by atoms with van der Waals surface area (Å²) in [5, 5.41) is 12.7. The molecule has 0 unspecified atom stereocenters. The van der Waals surface area contributed by atoms with Gasteiger partial charge in [-0.25, -0.2) is 9.29 Å². The van der Waals surface area contributed by atoms with E-state index in [2.05, 4.69) is 103 Å². The molecule has 14 heteroatoms. The number of fused-ring (bicyclic) bond motifs is 2. The van der Waals surface area contributed by atoms with Crippen LogP contribution >= 0.6 is 11.9 Å². The second-order valence-electron chi connectivity index (χ2n) is 15.6. The highest BCUT2D eigenvalue weighted by Gasteiger charge is 2.57. The summed E-state index contributed by atoms with van der Waals surface area (Å²) in [6.07, 6.45) is 15.1. The topological polar surface area (TPSA) is 170 Å². The summed E-state index contributed by atoms with van der Waals surface area (Å²) in [5.41, 5.74) is 10.9. The zero-order valence-corrected chi connectivity index (χ0v) is 36.8. The molecule has 3 aliphatic heterocycles. The minimum absolute atomic E-state index is 0.0744. The minimum Gasteiger partial charge on any atom is -0.388 e. The Kier molecular flexibility index (Phi) is 19.8. The first kappa shape index (κ1) is 47.3. The number of amides is 2. The van der Waals surface area contributed by atoms with Gasteiger partial charge < -0.3 is 31.8 Å². The average molecular weight is 829 g/mol. The van der Waals surface area contributed by atoms with Gasteiger partial charge in [-0.2, -0.15) is 9.98 Å². The number of piperidine rings is 2. The summed E-state index contributed by atoms with van der Waals surface area (Å²) in [6, 6.07) is 15.5. The molecule has 4 heterocycles. The van der Waals surface area contributed by atoms with Gasteiger partial charge in [0.15, 0.2) is 0 Å². The van der Waals surface area contributed by atoms with E-state index in [0.29, 0.717) is 30.1 Å². The molecule has 3 fully saturated rings. The van der Waals surface area contributed by atoms with Crippen LogP contribution in [0.1, 0.15) is 120 Å². The van der Waals surface area contributed by atoms with Crippen molar-refractivity contribution >= 4 is 54.3 Å². The maximum absolute atomic E-state index is 12.3. The lowest BCUT2D eigenvalue weighted by molar-refractivity contribution is -0.118. The van der Waals surface area contributed by atoms with Crippen molar-refractivity contribution in [1.29, 1.82) is 0 Å². The number of aliphatic imine (C=N–C) groups is 1. The Morgan fingerprint density at radius 1 is 1.00 bits per heavy atom. The smallest absolute Gasteiger partial charge is 0.236 e. The van der Waals surface area contributed by atoms with Crippen LogP contribution in [0.4, 0.5) is 17.5 Å². The molecule has 1 aliphatic carbocycles. The highest BCUT2D eigenvalue weighted by Crippen LogP contribution is 2.54. The standard InChI is InChI=1S/C34H41N9O2S.C6H14.C4H11N.CH2O/c1-36-29-18-24(5-6-27(29)30(35)38-21-44)23-7-13-42(14-8-23)20-22-3-2-4-26(17-22)46-43-15-9-25(10-16-43)39-33-37-19-28-31(41-33)40-32(45)34(28)11-12-34;1-3-5-6-4-2;1-3-4-5-2;1-2/h2-6,17-19,21,23,25,36H,7-16,20H2,1H3,(H2,35,38,44)(H2,37,39,40,41,45);3-6H2,1-2H3;5H,3-4H2,1-2H3;1H2. The lowest BCUT2D eigenvalue weighted by atomic mass is 9.88. The van der Waals surface area contributed by atoms with Gasteiger partial charge in [0.05, 0.1) is 5.41 Å². The normalized spacial score (nSPS) is 17.6. The van der Waals surface area contributed by atoms with Crippen molar-refractivity contribution in [2.45, 2.75) is 120 Å². The molecule has 59 heavy (non-hydrogen) atoms. The summed E-state index contributed by atoms with van der Waals surface area (Å²) in [5.74, 6) is 2.08. The number of nitrogens with two attached hydrogens (primary N) is 1. The number of unbranched alkanes of at least 4 members (excludes halogenated alkanes) is 3. The summed E-state index contributed by atoms with van der Waals surface area (Å²) in [7, 11) is 3.83. The van der Waals surface area contributed by atoms with Crippen LogP contribution in [-0.4, -0.2) is 97.0 Å². The van der Waals surface area contributed by atoms with Crippen LogP contribution in [0.2, 0.25) is 0 Å². The molecule has 2 aromatic carbocycles. The van der Waals surface area contributed by atoms with E-state index in [1.807, 2.05) is 45.1 Å². The number of aromatic nitrogens is 2. The van der Waals surface area contributed by atoms with E-state index in [0.717, 1.165) is 94.6 Å². The zero-order chi connectivity index (χ0) is 42.6. The summed E-state index contributed by atoms with van der Waals surface area (Å²) < 4.78 is 2.45. The monoisotopic (exact) mass is 829 g/mol. The van der Waals surface area contributed by atoms with Crippen LogP contribution in [0, 0.1) is 0 Å². The number of nitrogens with one attached hydrogen (secondary N) is 4. The fraction of sp³-hybridized carbons (Fsp3) is 0.556. The second kappa shape index (κ2) is 24.6. The third-order valence-corrected chi connectivity index (χ3v) is 12.4. The molecule has 322 valence electrons. The maximum atomic E-state index is 12.3. The average Bonchev–Trinajstić information content (AvgIpc) is 4.03. The Balaban J connectivity index is 0.000000519. The highest BCUT2D eigenvalue weighted by molar-refractivity contribution is 7.97. The van der Waals surface area contributed by atoms with Crippen molar-refractivity contribution in [3.05, 3.63) is 70.9 Å². The molecule has 6 N–H and O–H groups in total. The van der Waals surface area contributed by atoms with Crippen molar-refractivity contribution in [1.82, 2.24) is 24.5 Å². The number of carbonyl (C=O) groups is 3. The van der Waals surface area contributed by atoms with E-state index in [4.69, 9.17) is 10.5 Å². The maximum Gasteiger partial charge on any atom is 0.236 e. The van der Waals surface area contributed by atoms with Gasteiger partial charge >= 0.3 is 0 Å². The van der Waals surface area contributed by atoms with E-state index in [9.17, 15) is 9.59 Å². The number of hydrogen-bond acceptors (Lipinski definition) is 11. The van der Waals surface area contributed by atoms with E-state index >= 15 is 0 Å². The predicted molar refractivity (Wildman–Crippen MR) is 243 cm³/mol. The number of hydrogen-bond donors (Lipinski definition) is 5. The Bertz CT molecular complexity index is 1780. The van der Waals surface area contributed by atoms with Crippen LogP contribution < -0.4 is 27.0 Å². The Morgan fingerprint density at radius 2 is 1.71 bits per heavy atom. The first-order valence-electron chi connectivity index (χ1n) is 21.5. The minimum atomic E-state index is -0.346. The first-order valence-corrected chi connectivity index (χ1v) is 22.3. The highest BCUT2D eigenvalue weighted by atomic mass is 32.2. The quantitative estimate of drug-likeness (QED) is 0.0340. The molecule has 4 aliphatic rings. The summed E-state index contributed by atoms with van der Waals surface area (Å²) in [4.78, 5) is 47.8. The van der Waals surface area contributed by atoms with Crippen LogP contribution in [0.3, 0.4) is 0 Å². The van der Waals surface area contributed by atoms with Gasteiger partial charge in [0.2, 0.25) is 18.3 Å². The molecule has 1 saturated carbocycles. The Labute approximate surface area is 356 Å². The fourth-order valence-electron chi connectivity index (χ4n) is 7.80. The Hall–Kier alpha value is -4.37. The fourth-order valence-corrected chi connectivity index (χ4v) is 8.83. The molecule has 2 saturated heterocycles. The number of rotatable bonds is 15. The van der Waals surface area contributed by atoms with E-state index in [1.54, 1.807) is 0 Å². The van der Waals surface area contributed by atoms with E-state index in [-0.39, 0.29) is 17.2 Å². The molecule has 7 rings (SSSR count). The van der Waals surface area contributed by atoms with Gasteiger partial charge in [0.1, 0.15) is 18.4 Å². The summed E-state index contributed by atoms with van der Waals surface area (Å²) in [6.45, 7) is 14.8. The number of amidine groups is 1. The molecule has 3 aromatic rings. The number of benzene rings is 2. The van der Waals surface area contributed by atoms with Gasteiger partial charge in [-0.1, -0.05) is 64.7 Å². The van der Waals surface area contributed by atoms with Crippen LogP contribution in [-0.2, 0) is 26.3 Å². The SMILES string of the molecule is C=O.CCCCCC.CCCNC.CNc1cc(C2CCN(Cc3cccc(SN4CCC(Nc5ncc6c(n5)NC(=O)C65CC5)CC4)c3)CC2)ccc1C(N)=NC=O. The third-order valence-electron chi connectivity index (χ3n) is 11.3. The van der Waals surface area contributed by atoms with Crippen molar-refractivity contribution in [3.63, 3.8) is 0 Å². The first-order chi connectivity index (χ1) is 28.8. The van der Waals surface area contributed by atoms with Crippen molar-refractivity contribution in [2.75, 3.05) is 62.8 Å². The molecule has 2 amide bonds. The van der Waals surface area contributed by atoms with Gasteiger partial charge in [0.25, 0.3) is 0 Å². The molecule has 0 atom stereocenters. The van der Waals surface area contributed by atoms with Gasteiger partial charge in [-0.05, 0) is 125 Å². The molecular weight excluding hydrogens is 761 g/mol. The third kappa shape index (κ3) is 13.6. The van der Waals surface area contributed by atoms with Gasteiger partial charge in [-0.3, -0.25) is 14.5 Å². The number of likely N-dealkylation sites (tertiary alicyclic amines) is 1. The van der Waals surface area contributed by atoms with Crippen molar-refractivity contribution in [3.8, 4) is 0 Å². The lowest BCUT2D eigenvalue weighted by Crippen LogP contribution is -2.36. The molecule has 0 bridgehead atoms. The predicted octanol–water partition coefficient (Wildman–Crippen LogP) is 7.34. The number of anilines is 3.